The number of aromatic carboxylic acids is 1. The average molecular weight is 294 g/mol. The second-order valence-electron chi connectivity index (χ2n) is 4.95. The highest BCUT2D eigenvalue weighted by Crippen LogP contribution is 2.24. The van der Waals surface area contributed by atoms with Crippen molar-refractivity contribution in [3.05, 3.63) is 29.6 Å². The van der Waals surface area contributed by atoms with Crippen LogP contribution >= 0.6 is 0 Å². The lowest BCUT2D eigenvalue weighted by Crippen LogP contribution is -2.10. The molecule has 0 aliphatic carbocycles. The Bertz CT molecular complexity index is 678. The summed E-state index contributed by atoms with van der Waals surface area (Å²) in [6.07, 6.45) is 2.46. The molecule has 1 heterocycles. The first-order valence-corrected chi connectivity index (χ1v) is 8.14. The molecule has 108 valence electrons. The summed E-state index contributed by atoms with van der Waals surface area (Å²) in [4.78, 5) is 15.5. The van der Waals surface area contributed by atoms with E-state index in [-0.39, 0.29) is 11.6 Å². The molecule has 1 N–H and O–H groups in total. The third-order valence-electron chi connectivity index (χ3n) is 3.38. The van der Waals surface area contributed by atoms with Gasteiger partial charge in [0.05, 0.1) is 16.6 Å². The summed E-state index contributed by atoms with van der Waals surface area (Å²) in [6, 6.07) is 5.07. The number of hydrogen-bond acceptors (Lipinski definition) is 3. The van der Waals surface area contributed by atoms with Crippen LogP contribution in [0, 0.1) is 6.92 Å². The van der Waals surface area contributed by atoms with Crippen molar-refractivity contribution in [1.29, 1.82) is 0 Å². The van der Waals surface area contributed by atoms with E-state index in [1.165, 1.54) is 0 Å². The van der Waals surface area contributed by atoms with E-state index in [1.54, 1.807) is 24.5 Å². The Labute approximate surface area is 120 Å². The summed E-state index contributed by atoms with van der Waals surface area (Å²) in [7, 11) is -0.828. The average Bonchev–Trinajstić information content (AvgIpc) is 2.70. The van der Waals surface area contributed by atoms with E-state index in [1.807, 2.05) is 18.4 Å². The maximum absolute atomic E-state index is 11.2. The Morgan fingerprint density at radius 2 is 2.20 bits per heavy atom. The number of nitrogens with zero attached hydrogens (tertiary/aromatic N) is 2. The molecular formula is C14H18N2O3S. The Morgan fingerprint density at radius 1 is 1.50 bits per heavy atom. The molecule has 0 amide bonds. The van der Waals surface area contributed by atoms with Crippen molar-refractivity contribution in [2.45, 2.75) is 26.3 Å². The molecule has 2 unspecified atom stereocenters. The first kappa shape index (κ1) is 14.7. The van der Waals surface area contributed by atoms with Gasteiger partial charge < -0.3 is 9.67 Å². The van der Waals surface area contributed by atoms with Crippen LogP contribution in [0.1, 0.15) is 35.6 Å². The molecule has 2 aromatic rings. The predicted octanol–water partition coefficient (Wildman–Crippen LogP) is 2.37. The van der Waals surface area contributed by atoms with E-state index in [0.29, 0.717) is 5.75 Å². The van der Waals surface area contributed by atoms with Gasteiger partial charge in [0.25, 0.3) is 0 Å². The number of fused-ring (bicyclic) bond motifs is 1. The number of aromatic nitrogens is 2. The molecule has 0 aliphatic rings. The molecule has 1 aromatic heterocycles. The van der Waals surface area contributed by atoms with Crippen LogP contribution in [-0.2, 0) is 10.8 Å². The fourth-order valence-electron chi connectivity index (χ4n) is 2.37. The van der Waals surface area contributed by atoms with Crippen molar-refractivity contribution in [2.75, 3.05) is 12.0 Å². The minimum atomic E-state index is -0.945. The monoisotopic (exact) mass is 294 g/mol. The Morgan fingerprint density at radius 3 is 2.80 bits per heavy atom. The third kappa shape index (κ3) is 2.90. The number of carboxylic acid groups (broad SMARTS) is 1. The fraction of sp³-hybridized carbons (Fsp3) is 0.429. The molecule has 20 heavy (non-hydrogen) atoms. The zero-order chi connectivity index (χ0) is 14.9. The summed E-state index contributed by atoms with van der Waals surface area (Å²) < 4.78 is 13.2. The van der Waals surface area contributed by atoms with Crippen LogP contribution in [0.3, 0.4) is 0 Å². The van der Waals surface area contributed by atoms with Gasteiger partial charge >= 0.3 is 5.97 Å². The number of benzene rings is 1. The largest absolute Gasteiger partial charge is 0.478 e. The lowest BCUT2D eigenvalue weighted by atomic mass is 10.2. The molecule has 0 radical (unpaired) electrons. The first-order chi connectivity index (χ1) is 9.40. The van der Waals surface area contributed by atoms with Crippen molar-refractivity contribution in [3.63, 3.8) is 0 Å². The van der Waals surface area contributed by atoms with E-state index in [0.717, 1.165) is 23.3 Å². The van der Waals surface area contributed by atoms with Crippen LogP contribution in [0.5, 0.6) is 0 Å². The normalized spacial score (nSPS) is 14.3. The van der Waals surface area contributed by atoms with Gasteiger partial charge in [0.2, 0.25) is 0 Å². The SMILES string of the molecule is Cc1nc2ccc(C(=O)O)cc2n1C(C)CCS(C)=O. The van der Waals surface area contributed by atoms with Crippen LogP contribution in [0.25, 0.3) is 11.0 Å². The van der Waals surface area contributed by atoms with Crippen LogP contribution in [-0.4, -0.2) is 36.8 Å². The topological polar surface area (TPSA) is 72.2 Å². The molecule has 0 aliphatic heterocycles. The highest BCUT2D eigenvalue weighted by atomic mass is 32.2. The molecule has 2 rings (SSSR count). The van der Waals surface area contributed by atoms with Gasteiger partial charge in [0.1, 0.15) is 5.82 Å². The highest BCUT2D eigenvalue weighted by molar-refractivity contribution is 7.84. The quantitative estimate of drug-likeness (QED) is 0.919. The second kappa shape index (κ2) is 5.75. The van der Waals surface area contributed by atoms with Gasteiger partial charge in [-0.3, -0.25) is 4.21 Å². The molecule has 6 heteroatoms. The minimum Gasteiger partial charge on any atom is -0.478 e. The van der Waals surface area contributed by atoms with E-state index in [4.69, 9.17) is 5.11 Å². The van der Waals surface area contributed by atoms with E-state index in [9.17, 15) is 9.00 Å². The van der Waals surface area contributed by atoms with E-state index >= 15 is 0 Å². The lowest BCUT2D eigenvalue weighted by Gasteiger charge is -2.16. The van der Waals surface area contributed by atoms with Crippen LogP contribution in [0.2, 0.25) is 0 Å². The molecule has 0 spiro atoms. The molecule has 0 bridgehead atoms. The number of imidazole rings is 1. The lowest BCUT2D eigenvalue weighted by molar-refractivity contribution is 0.0697. The summed E-state index contributed by atoms with van der Waals surface area (Å²) >= 11 is 0. The van der Waals surface area contributed by atoms with Gasteiger partial charge in [-0.15, -0.1) is 0 Å². The summed E-state index contributed by atoms with van der Waals surface area (Å²) in [5, 5.41) is 9.09. The molecular weight excluding hydrogens is 276 g/mol. The van der Waals surface area contributed by atoms with Gasteiger partial charge in [-0.25, -0.2) is 9.78 Å². The van der Waals surface area contributed by atoms with Crippen LogP contribution in [0.4, 0.5) is 0 Å². The maximum Gasteiger partial charge on any atom is 0.335 e. The summed E-state index contributed by atoms with van der Waals surface area (Å²) in [5.41, 5.74) is 1.86. The van der Waals surface area contributed by atoms with E-state index < -0.39 is 16.8 Å². The third-order valence-corrected chi connectivity index (χ3v) is 4.19. The zero-order valence-corrected chi connectivity index (χ0v) is 12.6. The Balaban J connectivity index is 2.45. The van der Waals surface area contributed by atoms with Gasteiger partial charge in [0.15, 0.2) is 0 Å². The number of hydrogen-bond donors (Lipinski definition) is 1. The molecule has 0 fully saturated rings. The molecule has 2 atom stereocenters. The van der Waals surface area contributed by atoms with Crippen LogP contribution in [0.15, 0.2) is 18.2 Å². The summed E-state index contributed by atoms with van der Waals surface area (Å²) in [5.74, 6) is 0.523. The number of aryl methyl sites for hydroxylation is 1. The molecule has 1 aromatic carbocycles. The number of rotatable bonds is 5. The molecule has 5 nitrogen and oxygen atoms in total. The number of carbonyl (C=O) groups is 1. The minimum absolute atomic E-state index is 0.132. The predicted molar refractivity (Wildman–Crippen MR) is 79.7 cm³/mol. The summed E-state index contributed by atoms with van der Waals surface area (Å²) in [6.45, 7) is 3.94. The standard InChI is InChI=1S/C14H18N2O3S/c1-9(6-7-20(3)19)16-10(2)15-12-5-4-11(14(17)18)8-13(12)16/h4-5,8-9H,6-7H2,1-3H3,(H,17,18). The van der Waals surface area contributed by atoms with Crippen molar-refractivity contribution in [2.24, 2.45) is 0 Å². The maximum atomic E-state index is 11.2. The van der Waals surface area contributed by atoms with Gasteiger partial charge in [-0.05, 0) is 38.5 Å². The number of carboxylic acids is 1. The van der Waals surface area contributed by atoms with Crippen LogP contribution < -0.4 is 0 Å². The molecule has 0 saturated carbocycles. The van der Waals surface area contributed by atoms with Gasteiger partial charge in [0, 0.05) is 28.9 Å². The smallest absolute Gasteiger partial charge is 0.335 e. The Kier molecular flexibility index (Phi) is 4.23. The van der Waals surface area contributed by atoms with Gasteiger partial charge in [-0.1, -0.05) is 0 Å². The highest BCUT2D eigenvalue weighted by Gasteiger charge is 2.15. The van der Waals surface area contributed by atoms with E-state index in [2.05, 4.69) is 4.98 Å². The Hall–Kier alpha value is -1.69. The zero-order valence-electron chi connectivity index (χ0n) is 11.8. The van der Waals surface area contributed by atoms with Crippen molar-refractivity contribution >= 4 is 27.8 Å². The first-order valence-electron chi connectivity index (χ1n) is 6.42. The van der Waals surface area contributed by atoms with Crippen molar-refractivity contribution in [3.8, 4) is 0 Å². The molecule has 0 saturated heterocycles. The fourth-order valence-corrected chi connectivity index (χ4v) is 3.04. The van der Waals surface area contributed by atoms with Crippen molar-refractivity contribution in [1.82, 2.24) is 9.55 Å². The van der Waals surface area contributed by atoms with Crippen molar-refractivity contribution < 1.29 is 14.1 Å². The second-order valence-corrected chi connectivity index (χ2v) is 6.51. The van der Waals surface area contributed by atoms with Gasteiger partial charge in [-0.2, -0.15) is 0 Å².